The average Bonchev–Trinajstić information content (AvgIpc) is 3.13. The smallest absolute Gasteiger partial charge is 0.259 e. The molecule has 0 N–H and O–H groups in total. The van der Waals surface area contributed by atoms with E-state index in [1.165, 1.54) is 0 Å². The summed E-state index contributed by atoms with van der Waals surface area (Å²) >= 11 is 0. The van der Waals surface area contributed by atoms with Gasteiger partial charge in [0.2, 0.25) is 0 Å². The van der Waals surface area contributed by atoms with Crippen LogP contribution in [0.15, 0.2) is 43.0 Å². The molecule has 0 aliphatic heterocycles. The van der Waals surface area contributed by atoms with E-state index < -0.39 is 0 Å². The van der Waals surface area contributed by atoms with Crippen LogP contribution in [0, 0.1) is 0 Å². The van der Waals surface area contributed by atoms with Crippen molar-refractivity contribution >= 4 is 11.6 Å². The minimum absolute atomic E-state index is 0.0788. The van der Waals surface area contributed by atoms with Gasteiger partial charge in [0, 0.05) is 56.4 Å². The summed E-state index contributed by atoms with van der Waals surface area (Å²) in [5.74, 6) is -0.0788. The van der Waals surface area contributed by atoms with E-state index >= 15 is 0 Å². The number of fused-ring (bicyclic) bond motifs is 1. The fraction of sp³-hybridized carbons (Fsp3) is 0.400. The zero-order valence-electron chi connectivity index (χ0n) is 16.2. The van der Waals surface area contributed by atoms with Crippen molar-refractivity contribution in [2.45, 2.75) is 26.8 Å². The molecule has 3 rings (SSSR count). The molecule has 0 atom stereocenters. The molecule has 0 spiro atoms. The monoisotopic (exact) mass is 366 g/mol. The molecule has 0 fully saturated rings. The summed E-state index contributed by atoms with van der Waals surface area (Å²) in [6, 6.07) is 5.80. The van der Waals surface area contributed by atoms with Crippen LogP contribution in [0.3, 0.4) is 0 Å². The lowest BCUT2D eigenvalue weighted by Gasteiger charge is -2.18. The van der Waals surface area contributed by atoms with Gasteiger partial charge in [0.25, 0.3) is 5.91 Å². The SMILES string of the molecule is CCN(CC)Cc1cnc2c(C(=O)N(C)CCc3ccccn3)cnn2c1. The Morgan fingerprint density at radius 3 is 2.67 bits per heavy atom. The van der Waals surface area contributed by atoms with Crippen molar-refractivity contribution in [2.24, 2.45) is 0 Å². The van der Waals surface area contributed by atoms with Gasteiger partial charge >= 0.3 is 0 Å². The third kappa shape index (κ3) is 4.49. The summed E-state index contributed by atoms with van der Waals surface area (Å²) in [5, 5.41) is 4.34. The Kier molecular flexibility index (Phi) is 6.13. The summed E-state index contributed by atoms with van der Waals surface area (Å²) in [5.41, 5.74) is 3.16. The highest BCUT2D eigenvalue weighted by Crippen LogP contribution is 2.13. The Hall–Kier alpha value is -2.80. The van der Waals surface area contributed by atoms with Gasteiger partial charge in [-0.05, 0) is 25.2 Å². The molecule has 0 saturated heterocycles. The quantitative estimate of drug-likeness (QED) is 0.612. The second kappa shape index (κ2) is 8.73. The van der Waals surface area contributed by atoms with Gasteiger partial charge in [-0.25, -0.2) is 9.50 Å². The van der Waals surface area contributed by atoms with E-state index in [1.807, 2.05) is 30.6 Å². The van der Waals surface area contributed by atoms with E-state index in [-0.39, 0.29) is 5.91 Å². The van der Waals surface area contributed by atoms with Crippen LogP contribution < -0.4 is 0 Å². The molecule has 0 aliphatic rings. The van der Waals surface area contributed by atoms with Crippen molar-refractivity contribution in [3.05, 3.63) is 59.8 Å². The van der Waals surface area contributed by atoms with Gasteiger partial charge in [-0.15, -0.1) is 0 Å². The number of aromatic nitrogens is 4. The highest BCUT2D eigenvalue weighted by molar-refractivity contribution is 5.99. The van der Waals surface area contributed by atoms with Crippen molar-refractivity contribution in [3.63, 3.8) is 0 Å². The first-order valence-corrected chi connectivity index (χ1v) is 9.32. The van der Waals surface area contributed by atoms with Crippen LogP contribution in [-0.2, 0) is 13.0 Å². The molecule has 0 radical (unpaired) electrons. The van der Waals surface area contributed by atoms with Gasteiger partial charge in [0.05, 0.1) is 6.20 Å². The molecule has 3 aromatic heterocycles. The van der Waals surface area contributed by atoms with E-state index in [0.717, 1.165) is 30.9 Å². The van der Waals surface area contributed by atoms with Crippen LogP contribution in [0.25, 0.3) is 5.65 Å². The lowest BCUT2D eigenvalue weighted by Crippen LogP contribution is -2.29. The molecule has 3 heterocycles. The van der Waals surface area contributed by atoms with Gasteiger partial charge < -0.3 is 4.90 Å². The van der Waals surface area contributed by atoms with Crippen molar-refractivity contribution in [1.29, 1.82) is 0 Å². The molecular weight excluding hydrogens is 340 g/mol. The highest BCUT2D eigenvalue weighted by Gasteiger charge is 2.18. The Morgan fingerprint density at radius 1 is 1.15 bits per heavy atom. The van der Waals surface area contributed by atoms with Crippen molar-refractivity contribution < 1.29 is 4.79 Å². The first-order chi connectivity index (χ1) is 13.1. The molecule has 7 heteroatoms. The third-order valence-electron chi connectivity index (χ3n) is 4.72. The maximum absolute atomic E-state index is 12.8. The molecule has 3 aromatic rings. The Labute approximate surface area is 159 Å². The highest BCUT2D eigenvalue weighted by atomic mass is 16.2. The Balaban J connectivity index is 1.71. The summed E-state index contributed by atoms with van der Waals surface area (Å²) < 4.78 is 1.69. The minimum Gasteiger partial charge on any atom is -0.341 e. The molecular formula is C20H26N6O. The summed E-state index contributed by atoms with van der Waals surface area (Å²) in [4.78, 5) is 25.6. The topological polar surface area (TPSA) is 66.6 Å². The number of hydrogen-bond donors (Lipinski definition) is 0. The summed E-state index contributed by atoms with van der Waals surface area (Å²) in [6.45, 7) is 7.66. The molecule has 7 nitrogen and oxygen atoms in total. The van der Waals surface area contributed by atoms with Crippen LogP contribution in [0.4, 0.5) is 0 Å². The molecule has 0 unspecified atom stereocenters. The van der Waals surface area contributed by atoms with Crippen LogP contribution >= 0.6 is 0 Å². The van der Waals surface area contributed by atoms with Crippen molar-refractivity contribution in [3.8, 4) is 0 Å². The number of rotatable bonds is 8. The van der Waals surface area contributed by atoms with E-state index in [4.69, 9.17) is 0 Å². The zero-order valence-corrected chi connectivity index (χ0v) is 16.2. The molecule has 1 amide bonds. The van der Waals surface area contributed by atoms with E-state index in [9.17, 15) is 4.79 Å². The van der Waals surface area contributed by atoms with E-state index in [2.05, 4.69) is 33.8 Å². The number of amides is 1. The second-order valence-electron chi connectivity index (χ2n) is 6.55. The van der Waals surface area contributed by atoms with Crippen molar-refractivity contribution in [2.75, 3.05) is 26.7 Å². The standard InChI is InChI=1S/C20H26N6O/c1-4-25(5-2)14-16-12-22-19-18(13-23-26(19)15-16)20(27)24(3)11-9-17-8-6-7-10-21-17/h6-8,10,12-13,15H,4-5,9,11,14H2,1-3H3. The van der Waals surface area contributed by atoms with Crippen LogP contribution in [0.2, 0.25) is 0 Å². The van der Waals surface area contributed by atoms with Gasteiger partial charge in [-0.1, -0.05) is 19.9 Å². The second-order valence-corrected chi connectivity index (χ2v) is 6.55. The number of nitrogens with zero attached hydrogens (tertiary/aromatic N) is 6. The fourth-order valence-electron chi connectivity index (χ4n) is 2.99. The predicted octanol–water partition coefficient (Wildman–Crippen LogP) is 2.28. The fourth-order valence-corrected chi connectivity index (χ4v) is 2.99. The average molecular weight is 366 g/mol. The van der Waals surface area contributed by atoms with Crippen molar-refractivity contribution in [1.82, 2.24) is 29.4 Å². The third-order valence-corrected chi connectivity index (χ3v) is 4.72. The Bertz CT molecular complexity index is 888. The first-order valence-electron chi connectivity index (χ1n) is 9.32. The largest absolute Gasteiger partial charge is 0.341 e. The maximum Gasteiger partial charge on any atom is 0.259 e. The first kappa shape index (κ1) is 19.0. The van der Waals surface area contributed by atoms with E-state index in [0.29, 0.717) is 24.2 Å². The molecule has 0 bridgehead atoms. The molecule has 0 aliphatic carbocycles. The van der Waals surface area contributed by atoms with Gasteiger partial charge in [-0.3, -0.25) is 14.7 Å². The number of carbonyl (C=O) groups excluding carboxylic acids is 1. The summed E-state index contributed by atoms with van der Waals surface area (Å²) in [6.07, 6.45) is 7.86. The van der Waals surface area contributed by atoms with Crippen LogP contribution in [0.1, 0.15) is 35.5 Å². The van der Waals surface area contributed by atoms with Gasteiger partial charge in [0.1, 0.15) is 5.56 Å². The predicted molar refractivity (Wildman–Crippen MR) is 105 cm³/mol. The molecule has 0 aromatic carbocycles. The molecule has 27 heavy (non-hydrogen) atoms. The molecule has 0 saturated carbocycles. The zero-order chi connectivity index (χ0) is 19.2. The number of carbonyl (C=O) groups is 1. The molecule has 142 valence electrons. The Morgan fingerprint density at radius 2 is 1.96 bits per heavy atom. The summed E-state index contributed by atoms with van der Waals surface area (Å²) in [7, 11) is 1.80. The lowest BCUT2D eigenvalue weighted by atomic mass is 10.2. The van der Waals surface area contributed by atoms with E-state index in [1.54, 1.807) is 28.9 Å². The number of likely N-dealkylation sites (N-methyl/N-ethyl adjacent to an activating group) is 1. The van der Waals surface area contributed by atoms with Crippen LogP contribution in [-0.4, -0.2) is 62.0 Å². The van der Waals surface area contributed by atoms with Gasteiger partial charge in [-0.2, -0.15) is 5.10 Å². The maximum atomic E-state index is 12.8. The minimum atomic E-state index is -0.0788. The van der Waals surface area contributed by atoms with Crippen LogP contribution in [0.5, 0.6) is 0 Å². The number of pyridine rings is 1. The normalized spacial score (nSPS) is 11.3. The number of hydrogen-bond acceptors (Lipinski definition) is 5. The van der Waals surface area contributed by atoms with Gasteiger partial charge in [0.15, 0.2) is 5.65 Å². The lowest BCUT2D eigenvalue weighted by molar-refractivity contribution is 0.0798.